The van der Waals surface area contributed by atoms with Crippen LogP contribution in [0.4, 0.5) is 5.69 Å². The second-order valence-corrected chi connectivity index (χ2v) is 7.01. The number of nitrogens with one attached hydrogen (secondary N) is 1. The molecule has 0 saturated heterocycles. The van der Waals surface area contributed by atoms with Crippen LogP contribution in [0.25, 0.3) is 0 Å². The zero-order chi connectivity index (χ0) is 14.6. The van der Waals surface area contributed by atoms with Gasteiger partial charge in [0, 0.05) is 9.26 Å². The number of carbonyl (C=O) groups excluding carboxylic acids is 1. The summed E-state index contributed by atoms with van der Waals surface area (Å²) in [5, 5.41) is 2.98. The summed E-state index contributed by atoms with van der Waals surface area (Å²) in [5.41, 5.74) is 6.05. The van der Waals surface area contributed by atoms with Crippen molar-refractivity contribution >= 4 is 51.4 Å². The minimum atomic E-state index is -0.672. The lowest BCUT2D eigenvalue weighted by Gasteiger charge is -2.30. The molecule has 0 radical (unpaired) electrons. The summed E-state index contributed by atoms with van der Waals surface area (Å²) in [4.78, 5) is 13.0. The van der Waals surface area contributed by atoms with E-state index in [4.69, 9.17) is 18.0 Å². The number of rotatable bonds is 3. The van der Waals surface area contributed by atoms with Gasteiger partial charge < -0.3 is 11.1 Å². The number of nitrogens with two attached hydrogens (primary N) is 1. The molecule has 1 saturated carbocycles. The third-order valence-electron chi connectivity index (χ3n) is 3.97. The van der Waals surface area contributed by atoms with Crippen LogP contribution in [-0.4, -0.2) is 10.9 Å². The summed E-state index contributed by atoms with van der Waals surface area (Å²) < 4.78 is 1.14. The fraction of sp³-hybridized carbons (Fsp3) is 0.467. The number of halogens is 1. The van der Waals surface area contributed by atoms with E-state index in [1.807, 2.05) is 24.3 Å². The Balaban J connectivity index is 2.18. The van der Waals surface area contributed by atoms with Crippen molar-refractivity contribution in [2.75, 3.05) is 5.32 Å². The van der Waals surface area contributed by atoms with Gasteiger partial charge in [-0.15, -0.1) is 0 Å². The van der Waals surface area contributed by atoms with Crippen LogP contribution >= 0.6 is 34.8 Å². The van der Waals surface area contributed by atoms with E-state index >= 15 is 0 Å². The Morgan fingerprint density at radius 2 is 1.70 bits per heavy atom. The molecule has 3 N–H and O–H groups in total. The zero-order valence-corrected chi connectivity index (χ0v) is 14.3. The standard InChI is InChI=1S/C15H19IN2OS/c16-11-5-7-12(8-6-11)18-14(19)15(13(17)20)9-3-1-2-4-10-15/h5-8H,1-4,9-10H2,(H2,17,20)(H,18,19). The molecule has 0 heterocycles. The van der Waals surface area contributed by atoms with Crippen LogP contribution in [0.2, 0.25) is 0 Å². The SMILES string of the molecule is NC(=S)C1(C(=O)Nc2ccc(I)cc2)CCCCCC1. The molecule has 2 rings (SSSR count). The quantitative estimate of drug-likeness (QED) is 0.459. The summed E-state index contributed by atoms with van der Waals surface area (Å²) in [5.74, 6) is -0.0480. The summed E-state index contributed by atoms with van der Waals surface area (Å²) >= 11 is 7.46. The maximum atomic E-state index is 12.7. The van der Waals surface area contributed by atoms with Crippen LogP contribution in [0.15, 0.2) is 24.3 Å². The lowest BCUT2D eigenvalue weighted by atomic mass is 9.79. The second kappa shape index (κ2) is 6.85. The molecule has 1 fully saturated rings. The predicted molar refractivity (Wildman–Crippen MR) is 94.7 cm³/mol. The molecule has 108 valence electrons. The molecule has 1 aromatic carbocycles. The molecule has 20 heavy (non-hydrogen) atoms. The van der Waals surface area contributed by atoms with E-state index in [0.717, 1.165) is 47.8 Å². The molecule has 0 aromatic heterocycles. The first-order valence-electron chi connectivity index (χ1n) is 6.91. The van der Waals surface area contributed by atoms with Gasteiger partial charge >= 0.3 is 0 Å². The maximum Gasteiger partial charge on any atom is 0.237 e. The van der Waals surface area contributed by atoms with Crippen LogP contribution in [0.5, 0.6) is 0 Å². The topological polar surface area (TPSA) is 55.1 Å². The number of hydrogen-bond acceptors (Lipinski definition) is 2. The van der Waals surface area contributed by atoms with Crippen molar-refractivity contribution in [1.82, 2.24) is 0 Å². The highest BCUT2D eigenvalue weighted by atomic mass is 127. The Kier molecular flexibility index (Phi) is 5.37. The first kappa shape index (κ1) is 15.7. The molecule has 0 bridgehead atoms. The summed E-state index contributed by atoms with van der Waals surface area (Å²) in [6, 6.07) is 7.75. The highest BCUT2D eigenvalue weighted by Gasteiger charge is 2.41. The van der Waals surface area contributed by atoms with Crippen LogP contribution in [-0.2, 0) is 4.79 Å². The fourth-order valence-electron chi connectivity index (χ4n) is 2.70. The number of hydrogen-bond donors (Lipinski definition) is 2. The number of anilines is 1. The van der Waals surface area contributed by atoms with Crippen LogP contribution < -0.4 is 11.1 Å². The minimum Gasteiger partial charge on any atom is -0.392 e. The molecule has 5 heteroatoms. The van der Waals surface area contributed by atoms with E-state index in [1.54, 1.807) is 0 Å². The van der Waals surface area contributed by atoms with Crippen molar-refractivity contribution in [2.45, 2.75) is 38.5 Å². The highest BCUT2D eigenvalue weighted by molar-refractivity contribution is 14.1. The molecule has 1 aliphatic carbocycles. The first-order chi connectivity index (χ1) is 9.54. The summed E-state index contributed by atoms with van der Waals surface area (Å²) in [7, 11) is 0. The second-order valence-electron chi connectivity index (χ2n) is 5.32. The number of carbonyl (C=O) groups is 1. The average molecular weight is 402 g/mol. The fourth-order valence-corrected chi connectivity index (χ4v) is 3.36. The zero-order valence-electron chi connectivity index (χ0n) is 11.3. The minimum absolute atomic E-state index is 0.0480. The van der Waals surface area contributed by atoms with E-state index in [0.29, 0.717) is 4.99 Å². The molecular weight excluding hydrogens is 383 g/mol. The Bertz CT molecular complexity index is 493. The molecular formula is C15H19IN2OS. The van der Waals surface area contributed by atoms with Gasteiger partial charge in [-0.2, -0.15) is 0 Å². The normalized spacial score (nSPS) is 18.1. The van der Waals surface area contributed by atoms with Crippen LogP contribution in [0, 0.1) is 8.99 Å². The van der Waals surface area contributed by atoms with E-state index in [9.17, 15) is 4.79 Å². The van der Waals surface area contributed by atoms with Gasteiger partial charge in [0.15, 0.2) is 0 Å². The maximum absolute atomic E-state index is 12.7. The predicted octanol–water partition coefficient (Wildman–Crippen LogP) is 3.86. The molecule has 1 aliphatic rings. The van der Waals surface area contributed by atoms with Gasteiger partial charge in [0.25, 0.3) is 0 Å². The van der Waals surface area contributed by atoms with Crippen molar-refractivity contribution < 1.29 is 4.79 Å². The Morgan fingerprint density at radius 3 is 2.20 bits per heavy atom. The van der Waals surface area contributed by atoms with Crippen molar-refractivity contribution in [3.8, 4) is 0 Å². The van der Waals surface area contributed by atoms with Crippen molar-refractivity contribution in [1.29, 1.82) is 0 Å². The molecule has 0 unspecified atom stereocenters. The van der Waals surface area contributed by atoms with Gasteiger partial charge in [-0.1, -0.05) is 37.9 Å². The number of benzene rings is 1. The summed E-state index contributed by atoms with van der Waals surface area (Å²) in [6.45, 7) is 0. The monoisotopic (exact) mass is 402 g/mol. The third-order valence-corrected chi connectivity index (χ3v) is 5.08. The lowest BCUT2D eigenvalue weighted by molar-refractivity contribution is -0.122. The van der Waals surface area contributed by atoms with Gasteiger partial charge in [0.1, 0.15) is 0 Å². The molecule has 0 aliphatic heterocycles. The van der Waals surface area contributed by atoms with Crippen molar-refractivity contribution in [3.63, 3.8) is 0 Å². The molecule has 3 nitrogen and oxygen atoms in total. The van der Waals surface area contributed by atoms with Gasteiger partial charge in [-0.25, -0.2) is 0 Å². The Hall–Kier alpha value is -0.690. The van der Waals surface area contributed by atoms with Gasteiger partial charge in [0.2, 0.25) is 5.91 Å². The highest BCUT2D eigenvalue weighted by Crippen LogP contribution is 2.36. The number of thiocarbonyl (C=S) groups is 1. The molecule has 0 atom stereocenters. The lowest BCUT2D eigenvalue weighted by Crippen LogP contribution is -2.45. The smallest absolute Gasteiger partial charge is 0.237 e. The Labute approximate surface area is 138 Å². The van der Waals surface area contributed by atoms with Crippen LogP contribution in [0.3, 0.4) is 0 Å². The van der Waals surface area contributed by atoms with Gasteiger partial charge in [-0.3, -0.25) is 4.79 Å². The molecule has 1 aromatic rings. The van der Waals surface area contributed by atoms with E-state index in [1.165, 1.54) is 0 Å². The van der Waals surface area contributed by atoms with Crippen molar-refractivity contribution in [2.24, 2.45) is 11.1 Å². The van der Waals surface area contributed by atoms with E-state index in [2.05, 4.69) is 27.9 Å². The van der Waals surface area contributed by atoms with Gasteiger partial charge in [-0.05, 0) is 59.7 Å². The van der Waals surface area contributed by atoms with E-state index in [-0.39, 0.29) is 5.91 Å². The van der Waals surface area contributed by atoms with Gasteiger partial charge in [0.05, 0.1) is 10.4 Å². The van der Waals surface area contributed by atoms with E-state index < -0.39 is 5.41 Å². The molecule has 1 amide bonds. The van der Waals surface area contributed by atoms with Crippen molar-refractivity contribution in [3.05, 3.63) is 27.8 Å². The third kappa shape index (κ3) is 3.49. The number of amides is 1. The van der Waals surface area contributed by atoms with Crippen LogP contribution in [0.1, 0.15) is 38.5 Å². The largest absolute Gasteiger partial charge is 0.392 e. The molecule has 0 spiro atoms. The summed E-state index contributed by atoms with van der Waals surface area (Å²) in [6.07, 6.45) is 5.86. The Morgan fingerprint density at radius 1 is 1.15 bits per heavy atom. The average Bonchev–Trinajstić information content (AvgIpc) is 2.68. The first-order valence-corrected chi connectivity index (χ1v) is 8.40.